The first-order chi connectivity index (χ1) is 13.6. The van der Waals surface area contributed by atoms with Gasteiger partial charge in [-0.25, -0.2) is 13.2 Å². The highest BCUT2D eigenvalue weighted by Crippen LogP contribution is 2.36. The number of aliphatic hydroxyl groups is 1. The van der Waals surface area contributed by atoms with E-state index in [4.69, 9.17) is 5.11 Å². The van der Waals surface area contributed by atoms with Crippen molar-refractivity contribution in [2.75, 3.05) is 5.32 Å². The van der Waals surface area contributed by atoms with Crippen LogP contribution in [0.25, 0.3) is 0 Å². The summed E-state index contributed by atoms with van der Waals surface area (Å²) in [6.07, 6.45) is -5.21. The van der Waals surface area contributed by atoms with Gasteiger partial charge in [0.2, 0.25) is 15.4 Å². The second-order valence-corrected chi connectivity index (χ2v) is 9.12. The van der Waals surface area contributed by atoms with Crippen LogP contribution in [0.4, 0.5) is 18.9 Å². The molecule has 0 spiro atoms. The first-order valence-corrected chi connectivity index (χ1v) is 10.4. The molecule has 0 saturated carbocycles. The van der Waals surface area contributed by atoms with E-state index in [1.165, 1.54) is 6.92 Å². The van der Waals surface area contributed by atoms with Crippen molar-refractivity contribution in [3.8, 4) is 0 Å². The van der Waals surface area contributed by atoms with E-state index in [0.717, 1.165) is 36.4 Å². The fourth-order valence-electron chi connectivity index (χ4n) is 2.28. The van der Waals surface area contributed by atoms with Gasteiger partial charge < -0.3 is 15.5 Å². The Balaban J connectivity index is 2.43. The lowest BCUT2D eigenvalue weighted by Crippen LogP contribution is -2.52. The highest BCUT2D eigenvalue weighted by molar-refractivity contribution is 9.10. The summed E-state index contributed by atoms with van der Waals surface area (Å²) in [6, 6.07) is 6.60. The maximum absolute atomic E-state index is 12.9. The molecule has 2 aromatic rings. The number of aromatic carboxylic acids is 1. The van der Waals surface area contributed by atoms with Crippen molar-refractivity contribution in [1.82, 2.24) is 0 Å². The largest absolute Gasteiger partial charge is 0.478 e. The molecule has 0 heterocycles. The summed E-state index contributed by atoms with van der Waals surface area (Å²) in [7, 11) is -4.11. The molecule has 162 valence electrons. The summed E-state index contributed by atoms with van der Waals surface area (Å²) >= 11 is 3.07. The van der Waals surface area contributed by atoms with Crippen LogP contribution in [0.2, 0.25) is 0 Å². The number of carbonyl (C=O) groups excluding carboxylic acids is 1. The normalized spacial score (nSPS) is 14.1. The Kier molecular flexibility index (Phi) is 6.36. The van der Waals surface area contributed by atoms with Gasteiger partial charge in [-0.05, 0) is 71.7 Å². The Morgan fingerprint density at radius 2 is 1.60 bits per heavy atom. The van der Waals surface area contributed by atoms with E-state index in [-0.39, 0.29) is 31.1 Å². The summed E-state index contributed by atoms with van der Waals surface area (Å²) < 4.78 is 64.1. The van der Waals surface area contributed by atoms with Gasteiger partial charge in [-0.1, -0.05) is 0 Å². The Labute approximate surface area is 177 Å². The Bertz CT molecular complexity index is 1110. The standard InChI is InChI=1S/C18H15BrF3NO6S/c1-9-12(23-16(26)17(2,27)18(20,21)22)7-8-13(14(9)19)30(28,29)11-5-3-10(4-6-11)15(24)25/h3-8,27H,1-2H3,(H,23,26)(H,24,25). The van der Waals surface area contributed by atoms with Crippen molar-refractivity contribution < 1.29 is 41.4 Å². The van der Waals surface area contributed by atoms with Gasteiger partial charge in [0.25, 0.3) is 5.91 Å². The number of sulfone groups is 1. The number of amides is 1. The third kappa shape index (κ3) is 4.35. The Morgan fingerprint density at radius 1 is 1.07 bits per heavy atom. The molecule has 0 aliphatic carbocycles. The van der Waals surface area contributed by atoms with Crippen LogP contribution in [0.15, 0.2) is 50.7 Å². The average Bonchev–Trinajstić information content (AvgIpc) is 2.64. The minimum absolute atomic E-state index is 0.0192. The lowest BCUT2D eigenvalue weighted by atomic mass is 10.1. The number of halogens is 4. The van der Waals surface area contributed by atoms with Crippen molar-refractivity contribution in [1.29, 1.82) is 0 Å². The van der Waals surface area contributed by atoms with Gasteiger partial charge in [0.15, 0.2) is 0 Å². The maximum atomic E-state index is 12.9. The lowest BCUT2D eigenvalue weighted by Gasteiger charge is -2.25. The molecule has 12 heteroatoms. The third-order valence-electron chi connectivity index (χ3n) is 4.29. The van der Waals surface area contributed by atoms with Crippen molar-refractivity contribution in [3.63, 3.8) is 0 Å². The van der Waals surface area contributed by atoms with Gasteiger partial charge in [0.05, 0.1) is 15.4 Å². The monoisotopic (exact) mass is 509 g/mol. The minimum atomic E-state index is -5.21. The highest BCUT2D eigenvalue weighted by Gasteiger charge is 2.55. The molecule has 0 aliphatic heterocycles. The van der Waals surface area contributed by atoms with Gasteiger partial charge >= 0.3 is 12.1 Å². The molecule has 1 amide bonds. The van der Waals surface area contributed by atoms with E-state index in [2.05, 4.69) is 15.9 Å². The van der Waals surface area contributed by atoms with E-state index in [0.29, 0.717) is 6.92 Å². The molecule has 3 N–H and O–H groups in total. The number of carboxylic acids is 1. The maximum Gasteiger partial charge on any atom is 0.426 e. The third-order valence-corrected chi connectivity index (χ3v) is 7.39. The van der Waals surface area contributed by atoms with Crippen molar-refractivity contribution in [3.05, 3.63) is 52.0 Å². The molecule has 2 aromatic carbocycles. The predicted octanol–water partition coefficient (Wildman–Crippen LogP) is 3.54. The molecule has 0 aromatic heterocycles. The zero-order valence-electron chi connectivity index (χ0n) is 15.4. The molecule has 30 heavy (non-hydrogen) atoms. The van der Waals surface area contributed by atoms with Crippen LogP contribution in [0, 0.1) is 6.92 Å². The number of carbonyl (C=O) groups is 2. The van der Waals surface area contributed by atoms with Crippen molar-refractivity contribution in [2.45, 2.75) is 35.4 Å². The number of hydrogen-bond acceptors (Lipinski definition) is 5. The molecular formula is C18H15BrF3NO6S. The van der Waals surface area contributed by atoms with Crippen LogP contribution >= 0.6 is 15.9 Å². The molecule has 0 radical (unpaired) electrons. The van der Waals surface area contributed by atoms with Crippen LogP contribution in [0.3, 0.4) is 0 Å². The lowest BCUT2D eigenvalue weighted by molar-refractivity contribution is -0.242. The summed E-state index contributed by atoms with van der Waals surface area (Å²) in [4.78, 5) is 22.3. The first-order valence-electron chi connectivity index (χ1n) is 8.09. The highest BCUT2D eigenvalue weighted by atomic mass is 79.9. The van der Waals surface area contributed by atoms with E-state index < -0.39 is 33.5 Å². The van der Waals surface area contributed by atoms with Crippen molar-refractivity contribution >= 4 is 43.3 Å². The fourth-order valence-corrected chi connectivity index (χ4v) is 4.65. The van der Waals surface area contributed by atoms with E-state index in [1.807, 2.05) is 5.32 Å². The molecule has 0 aliphatic rings. The van der Waals surface area contributed by atoms with Crippen LogP contribution in [-0.4, -0.2) is 42.3 Å². The number of anilines is 1. The van der Waals surface area contributed by atoms with E-state index in [1.54, 1.807) is 0 Å². The zero-order chi connectivity index (χ0) is 23.1. The van der Waals surface area contributed by atoms with Gasteiger partial charge in [0, 0.05) is 10.2 Å². The smallest absolute Gasteiger partial charge is 0.426 e. The SMILES string of the molecule is Cc1c(NC(=O)C(C)(O)C(F)(F)F)ccc(S(=O)(=O)c2ccc(C(=O)O)cc2)c1Br. The Morgan fingerprint density at radius 3 is 2.07 bits per heavy atom. The average molecular weight is 510 g/mol. The van der Waals surface area contributed by atoms with Crippen LogP contribution in [0.1, 0.15) is 22.8 Å². The summed E-state index contributed by atoms with van der Waals surface area (Å²) in [6.45, 7) is 1.65. The van der Waals surface area contributed by atoms with Gasteiger partial charge in [-0.3, -0.25) is 4.79 Å². The van der Waals surface area contributed by atoms with Crippen molar-refractivity contribution in [2.24, 2.45) is 0 Å². The molecule has 2 rings (SSSR count). The summed E-state index contributed by atoms with van der Waals surface area (Å²) in [5, 5.41) is 20.3. The van der Waals surface area contributed by atoms with Gasteiger partial charge in [-0.15, -0.1) is 0 Å². The van der Waals surface area contributed by atoms with Gasteiger partial charge in [-0.2, -0.15) is 13.2 Å². The van der Waals surface area contributed by atoms with Crippen LogP contribution in [-0.2, 0) is 14.6 Å². The molecule has 7 nitrogen and oxygen atoms in total. The van der Waals surface area contributed by atoms with Crippen LogP contribution < -0.4 is 5.32 Å². The topological polar surface area (TPSA) is 121 Å². The number of rotatable bonds is 5. The Hall–Kier alpha value is -2.44. The molecule has 0 saturated heterocycles. The van der Waals surface area contributed by atoms with Gasteiger partial charge in [0.1, 0.15) is 0 Å². The molecule has 0 fully saturated rings. The second kappa shape index (κ2) is 8.00. The number of hydrogen-bond donors (Lipinski definition) is 3. The number of carboxylic acid groups (broad SMARTS) is 1. The predicted molar refractivity (Wildman–Crippen MR) is 103 cm³/mol. The quantitative estimate of drug-likeness (QED) is 0.566. The summed E-state index contributed by atoms with van der Waals surface area (Å²) in [5.74, 6) is -2.96. The van der Waals surface area contributed by atoms with Crippen LogP contribution in [0.5, 0.6) is 0 Å². The summed E-state index contributed by atoms with van der Waals surface area (Å²) in [5.41, 5.74) is -3.80. The van der Waals surface area contributed by atoms with E-state index >= 15 is 0 Å². The molecular weight excluding hydrogens is 495 g/mol. The molecule has 0 bridgehead atoms. The second-order valence-electron chi connectivity index (χ2n) is 6.41. The number of benzene rings is 2. The number of nitrogens with one attached hydrogen (secondary N) is 1. The fraction of sp³-hybridized carbons (Fsp3) is 0.222. The zero-order valence-corrected chi connectivity index (χ0v) is 17.8. The first kappa shape index (κ1) is 23.8. The molecule has 1 atom stereocenters. The number of alkyl halides is 3. The minimum Gasteiger partial charge on any atom is -0.478 e. The molecule has 1 unspecified atom stereocenters. The van der Waals surface area contributed by atoms with E-state index in [9.17, 15) is 36.3 Å².